The summed E-state index contributed by atoms with van der Waals surface area (Å²) >= 11 is 0. The standard InChI is InChI=1S/C43H63NO10S/c1-7-18-43(19-20-43)54-42(46)44-27-32(45)25-40-41(49-6)36(28-55(47,48)35-14-10-9-11-15-35)39(53-40)26-38-31(5)29(3)23-34(52-38)16-17-37-30(4)24-33(51-37)13-12-22-50-21-8-2/h8-15,29,32-34,36-41,45H,2,4-5,7,16-28H2,1,3,6H3,(H,44,46)/b13-12+/t29?,32?,33-,34?,36?,37-,38?,39-,40?,41+/m0/s1. The van der Waals surface area contributed by atoms with Crippen LogP contribution >= 0.6 is 0 Å². The zero-order valence-corrected chi connectivity index (χ0v) is 33.8. The highest BCUT2D eigenvalue weighted by molar-refractivity contribution is 7.91. The summed E-state index contributed by atoms with van der Waals surface area (Å²) in [6.07, 6.45) is 8.99. The van der Waals surface area contributed by atoms with Gasteiger partial charge in [0.25, 0.3) is 0 Å². The molecule has 0 spiro atoms. The zero-order chi connectivity index (χ0) is 39.6. The first-order valence-electron chi connectivity index (χ1n) is 20.0. The number of sulfone groups is 1. The summed E-state index contributed by atoms with van der Waals surface area (Å²) in [7, 11) is -2.18. The monoisotopic (exact) mass is 785 g/mol. The quantitative estimate of drug-likeness (QED) is 0.103. The molecule has 12 heteroatoms. The Bertz CT molecular complexity index is 1580. The molecular formula is C43H63NO10S. The van der Waals surface area contributed by atoms with Crippen LogP contribution in [0, 0.1) is 11.8 Å². The number of aliphatic hydroxyl groups is 1. The third-order valence-electron chi connectivity index (χ3n) is 11.5. The minimum absolute atomic E-state index is 0.0300. The van der Waals surface area contributed by atoms with Gasteiger partial charge in [0.15, 0.2) is 9.84 Å². The Labute approximate surface area is 328 Å². The first kappa shape index (κ1) is 43.3. The maximum atomic E-state index is 13.8. The minimum Gasteiger partial charge on any atom is -0.443 e. The zero-order valence-electron chi connectivity index (χ0n) is 32.9. The Morgan fingerprint density at radius 2 is 1.85 bits per heavy atom. The number of nitrogens with one attached hydrogen (secondary N) is 1. The summed E-state index contributed by atoms with van der Waals surface area (Å²) in [5, 5.41) is 13.8. The van der Waals surface area contributed by atoms with E-state index in [1.165, 1.54) is 0 Å². The van der Waals surface area contributed by atoms with Crippen molar-refractivity contribution in [3.63, 3.8) is 0 Å². The number of alkyl carbamates (subject to hydrolysis) is 1. The molecule has 5 rings (SSSR count). The number of ether oxygens (including phenoxy) is 6. The van der Waals surface area contributed by atoms with Crippen LogP contribution in [0.15, 0.2) is 84.3 Å². The van der Waals surface area contributed by atoms with Crippen LogP contribution in [-0.4, -0.2) is 107 Å². The van der Waals surface area contributed by atoms with Crippen molar-refractivity contribution in [3.8, 4) is 0 Å². The molecule has 0 bridgehead atoms. The van der Waals surface area contributed by atoms with E-state index in [0.717, 1.165) is 62.5 Å². The Hall–Kier alpha value is -2.84. The number of hydrogen-bond donors (Lipinski definition) is 2. The molecule has 6 unspecified atom stereocenters. The lowest BCUT2D eigenvalue weighted by molar-refractivity contribution is -0.0768. The second-order valence-corrected chi connectivity index (χ2v) is 17.9. The molecule has 4 aliphatic rings. The number of methoxy groups -OCH3 is 1. The maximum Gasteiger partial charge on any atom is 0.407 e. The number of carbonyl (C=O) groups excluding carboxylic acids is 1. The van der Waals surface area contributed by atoms with Gasteiger partial charge in [-0.3, -0.25) is 0 Å². The van der Waals surface area contributed by atoms with E-state index in [4.69, 9.17) is 28.4 Å². The van der Waals surface area contributed by atoms with Crippen LogP contribution in [0.1, 0.15) is 78.1 Å². The molecule has 3 saturated heterocycles. The van der Waals surface area contributed by atoms with E-state index in [0.29, 0.717) is 19.6 Å². The highest BCUT2D eigenvalue weighted by Crippen LogP contribution is 2.44. The van der Waals surface area contributed by atoms with Gasteiger partial charge < -0.3 is 38.8 Å². The van der Waals surface area contributed by atoms with Crippen molar-refractivity contribution in [1.29, 1.82) is 0 Å². The van der Waals surface area contributed by atoms with Gasteiger partial charge in [0.2, 0.25) is 0 Å². The lowest BCUT2D eigenvalue weighted by Crippen LogP contribution is -2.40. The molecule has 2 N–H and O–H groups in total. The van der Waals surface area contributed by atoms with Gasteiger partial charge in [0.1, 0.15) is 5.60 Å². The Kier molecular flexibility index (Phi) is 15.8. The average molecular weight is 786 g/mol. The van der Waals surface area contributed by atoms with Crippen LogP contribution in [0.3, 0.4) is 0 Å². The number of hydrogen-bond acceptors (Lipinski definition) is 10. The highest BCUT2D eigenvalue weighted by Gasteiger charge is 2.49. The topological polar surface area (TPSA) is 139 Å². The lowest BCUT2D eigenvalue weighted by atomic mass is 9.83. The Balaban J connectivity index is 1.23. The summed E-state index contributed by atoms with van der Waals surface area (Å²) in [5.41, 5.74) is 1.64. The average Bonchev–Trinajstić information content (AvgIpc) is 3.70. The van der Waals surface area contributed by atoms with Gasteiger partial charge in [-0.15, -0.1) is 6.58 Å². The molecule has 3 heterocycles. The largest absolute Gasteiger partial charge is 0.443 e. The summed E-state index contributed by atoms with van der Waals surface area (Å²) in [6, 6.07) is 8.39. The molecule has 1 aromatic carbocycles. The van der Waals surface area contributed by atoms with Gasteiger partial charge in [0.05, 0.1) is 72.7 Å². The molecule has 55 heavy (non-hydrogen) atoms. The fourth-order valence-corrected chi connectivity index (χ4v) is 10.0. The molecule has 0 aromatic heterocycles. The van der Waals surface area contributed by atoms with Crippen LogP contribution < -0.4 is 5.32 Å². The van der Waals surface area contributed by atoms with E-state index in [2.05, 4.69) is 38.9 Å². The molecule has 11 nitrogen and oxygen atoms in total. The van der Waals surface area contributed by atoms with E-state index in [1.54, 1.807) is 43.5 Å². The van der Waals surface area contributed by atoms with Crippen molar-refractivity contribution in [2.24, 2.45) is 11.8 Å². The molecule has 1 aromatic rings. The molecule has 4 fully saturated rings. The second kappa shape index (κ2) is 20.0. The Morgan fingerprint density at radius 3 is 2.55 bits per heavy atom. The first-order valence-corrected chi connectivity index (χ1v) is 21.7. The molecular weight excluding hydrogens is 723 g/mol. The SMILES string of the molecule is C=CCOC/C=C/[C@H]1CC(=C)[C@H](CCC2CC(C)C(=C)C(C[C@@H]3OC(CC(O)CNC(=O)OC4(CCC)CC4)[C@H](OC)C3CS(=O)(=O)c3ccccc3)O2)O1. The second-order valence-electron chi connectivity index (χ2n) is 15.8. The fourth-order valence-electron chi connectivity index (χ4n) is 8.34. The van der Waals surface area contributed by atoms with E-state index in [1.807, 2.05) is 12.2 Å². The molecule has 1 saturated carbocycles. The van der Waals surface area contributed by atoms with Crippen molar-refractivity contribution in [2.45, 2.75) is 137 Å². The molecule has 306 valence electrons. The summed E-state index contributed by atoms with van der Waals surface area (Å²) in [5.74, 6) is -0.570. The number of rotatable bonds is 21. The van der Waals surface area contributed by atoms with Crippen molar-refractivity contribution >= 4 is 15.9 Å². The minimum atomic E-state index is -3.72. The molecule has 10 atom stereocenters. The van der Waals surface area contributed by atoms with E-state index in [-0.39, 0.29) is 59.5 Å². The van der Waals surface area contributed by atoms with Gasteiger partial charge in [0, 0.05) is 38.8 Å². The summed E-state index contributed by atoms with van der Waals surface area (Å²) in [6.45, 7) is 17.5. The van der Waals surface area contributed by atoms with Crippen LogP contribution in [0.4, 0.5) is 4.79 Å². The van der Waals surface area contributed by atoms with Crippen molar-refractivity contribution in [3.05, 3.63) is 79.4 Å². The normalized spacial score (nSPS) is 31.1. The molecule has 0 radical (unpaired) electrons. The molecule has 1 aliphatic carbocycles. The van der Waals surface area contributed by atoms with Gasteiger partial charge in [-0.25, -0.2) is 13.2 Å². The van der Waals surface area contributed by atoms with Crippen molar-refractivity contribution in [2.75, 3.05) is 32.6 Å². The van der Waals surface area contributed by atoms with Gasteiger partial charge in [-0.2, -0.15) is 0 Å². The fraction of sp³-hybridized carbons (Fsp3) is 0.651. The Morgan fingerprint density at radius 1 is 1.09 bits per heavy atom. The van der Waals surface area contributed by atoms with Gasteiger partial charge in [-0.05, 0) is 67.7 Å². The molecule has 1 amide bonds. The van der Waals surface area contributed by atoms with Crippen molar-refractivity contribution in [1.82, 2.24) is 5.32 Å². The number of carbonyl (C=O) groups is 1. The van der Waals surface area contributed by atoms with Crippen LogP contribution in [-0.2, 0) is 38.3 Å². The first-order chi connectivity index (χ1) is 26.4. The summed E-state index contributed by atoms with van der Waals surface area (Å²) in [4.78, 5) is 12.8. The predicted molar refractivity (Wildman–Crippen MR) is 211 cm³/mol. The van der Waals surface area contributed by atoms with Gasteiger partial charge in [-0.1, -0.05) is 69.9 Å². The number of amides is 1. The maximum absolute atomic E-state index is 13.8. The number of aliphatic hydroxyl groups excluding tert-OH is 1. The molecule has 3 aliphatic heterocycles. The smallest absolute Gasteiger partial charge is 0.407 e. The van der Waals surface area contributed by atoms with Crippen LogP contribution in [0.2, 0.25) is 0 Å². The summed E-state index contributed by atoms with van der Waals surface area (Å²) < 4.78 is 64.3. The van der Waals surface area contributed by atoms with Crippen LogP contribution in [0.5, 0.6) is 0 Å². The van der Waals surface area contributed by atoms with Crippen LogP contribution in [0.25, 0.3) is 0 Å². The third-order valence-corrected chi connectivity index (χ3v) is 13.3. The number of benzene rings is 1. The third kappa shape index (κ3) is 12.1. The van der Waals surface area contributed by atoms with E-state index in [9.17, 15) is 18.3 Å². The van der Waals surface area contributed by atoms with E-state index >= 15 is 0 Å². The van der Waals surface area contributed by atoms with Gasteiger partial charge >= 0.3 is 6.09 Å². The predicted octanol–water partition coefficient (Wildman–Crippen LogP) is 6.66. The van der Waals surface area contributed by atoms with Crippen molar-refractivity contribution < 1.29 is 46.7 Å². The lowest BCUT2D eigenvalue weighted by Gasteiger charge is -2.38. The van der Waals surface area contributed by atoms with E-state index < -0.39 is 46.3 Å². The highest BCUT2D eigenvalue weighted by atomic mass is 32.2.